The molecule has 2 N–H and O–H groups in total. The molecule has 5 nitrogen and oxygen atoms in total. The van der Waals surface area contributed by atoms with Crippen molar-refractivity contribution in [3.8, 4) is 0 Å². The minimum Gasteiger partial charge on any atom is -0.367 e. The summed E-state index contributed by atoms with van der Waals surface area (Å²) in [6.07, 6.45) is 7.49. The molecule has 1 aliphatic carbocycles. The van der Waals surface area contributed by atoms with Gasteiger partial charge in [0.15, 0.2) is 0 Å². The van der Waals surface area contributed by atoms with Crippen LogP contribution in [-0.4, -0.2) is 37.5 Å². The lowest BCUT2D eigenvalue weighted by Crippen LogP contribution is -2.48. The topological polar surface area (TPSA) is 61.4 Å². The van der Waals surface area contributed by atoms with Gasteiger partial charge in [-0.15, -0.1) is 0 Å². The van der Waals surface area contributed by atoms with Gasteiger partial charge < -0.3 is 15.5 Å². The van der Waals surface area contributed by atoms with Crippen LogP contribution in [0.15, 0.2) is 18.2 Å². The van der Waals surface area contributed by atoms with Crippen molar-refractivity contribution in [2.24, 2.45) is 5.92 Å². The van der Waals surface area contributed by atoms with E-state index >= 15 is 0 Å². The van der Waals surface area contributed by atoms with Gasteiger partial charge in [0, 0.05) is 38.0 Å². The number of hydrogen-bond acceptors (Lipinski definition) is 3. The summed E-state index contributed by atoms with van der Waals surface area (Å²) in [4.78, 5) is 26.4. The molecule has 0 spiro atoms. The van der Waals surface area contributed by atoms with Crippen molar-refractivity contribution in [2.75, 3.05) is 24.5 Å². The fraction of sp³-hybridized carbons (Fsp3) is 0.636. The molecule has 154 valence electrons. The van der Waals surface area contributed by atoms with E-state index in [1.807, 2.05) is 17.9 Å². The highest BCUT2D eigenvalue weighted by Crippen LogP contribution is 2.25. The van der Waals surface area contributed by atoms with Gasteiger partial charge in [0.1, 0.15) is 5.82 Å². The first-order valence-electron chi connectivity index (χ1n) is 10.6. The number of hydrogen-bond donors (Lipinski definition) is 2. The van der Waals surface area contributed by atoms with Crippen LogP contribution in [0.5, 0.6) is 0 Å². The molecule has 2 amide bonds. The third-order valence-corrected chi connectivity index (χ3v) is 5.86. The molecular weight excluding hydrogens is 357 g/mol. The number of amides is 2. The van der Waals surface area contributed by atoms with Gasteiger partial charge in [-0.25, -0.2) is 4.39 Å². The first-order chi connectivity index (χ1) is 13.5. The first-order valence-corrected chi connectivity index (χ1v) is 10.6. The molecule has 1 atom stereocenters. The van der Waals surface area contributed by atoms with Crippen LogP contribution in [0.25, 0.3) is 0 Å². The van der Waals surface area contributed by atoms with Gasteiger partial charge in [0.2, 0.25) is 11.8 Å². The average molecular weight is 390 g/mol. The van der Waals surface area contributed by atoms with Gasteiger partial charge in [0.05, 0.1) is 5.69 Å². The highest BCUT2D eigenvalue weighted by molar-refractivity contribution is 5.80. The van der Waals surface area contributed by atoms with Crippen molar-refractivity contribution in [1.29, 1.82) is 0 Å². The van der Waals surface area contributed by atoms with Crippen molar-refractivity contribution >= 4 is 17.5 Å². The minimum absolute atomic E-state index is 0.00945. The zero-order valence-corrected chi connectivity index (χ0v) is 16.8. The molecule has 2 aliphatic rings. The van der Waals surface area contributed by atoms with E-state index in [9.17, 15) is 14.0 Å². The molecule has 1 saturated heterocycles. The largest absolute Gasteiger partial charge is 0.367 e. The molecule has 1 saturated carbocycles. The Kier molecular flexibility index (Phi) is 7.29. The standard InChI is InChI=1S/C22H32FN3O2/c1-16-9-10-19(23)20(14-16)26-13-5-8-18(15-26)25-21(27)11-12-24-22(28)17-6-3-2-4-7-17/h9-10,14,17-18H,2-8,11-13,15H2,1H3,(H,24,28)(H,25,27). The molecule has 0 radical (unpaired) electrons. The predicted molar refractivity (Wildman–Crippen MR) is 109 cm³/mol. The van der Waals surface area contributed by atoms with Gasteiger partial charge in [-0.2, -0.15) is 0 Å². The van der Waals surface area contributed by atoms with Crippen LogP contribution in [0.2, 0.25) is 0 Å². The number of rotatable bonds is 6. The van der Waals surface area contributed by atoms with E-state index in [4.69, 9.17) is 0 Å². The maximum Gasteiger partial charge on any atom is 0.223 e. The summed E-state index contributed by atoms with van der Waals surface area (Å²) < 4.78 is 14.2. The lowest BCUT2D eigenvalue weighted by molar-refractivity contribution is -0.126. The fourth-order valence-corrected chi connectivity index (χ4v) is 4.29. The number of nitrogens with one attached hydrogen (secondary N) is 2. The molecule has 1 heterocycles. The van der Waals surface area contributed by atoms with E-state index in [2.05, 4.69) is 10.6 Å². The minimum atomic E-state index is -0.219. The van der Waals surface area contributed by atoms with Crippen LogP contribution in [0.4, 0.5) is 10.1 Å². The molecule has 3 rings (SSSR count). The molecule has 1 aromatic carbocycles. The number of anilines is 1. The zero-order chi connectivity index (χ0) is 19.9. The van der Waals surface area contributed by atoms with Crippen molar-refractivity contribution in [3.05, 3.63) is 29.6 Å². The maximum absolute atomic E-state index is 14.2. The Hall–Kier alpha value is -2.11. The molecule has 0 aromatic heterocycles. The zero-order valence-electron chi connectivity index (χ0n) is 16.8. The van der Waals surface area contributed by atoms with Gasteiger partial charge >= 0.3 is 0 Å². The SMILES string of the molecule is Cc1ccc(F)c(N2CCCC(NC(=O)CCNC(=O)C3CCCCC3)C2)c1. The van der Waals surface area contributed by atoms with Crippen LogP contribution in [0.1, 0.15) is 56.9 Å². The van der Waals surface area contributed by atoms with E-state index in [-0.39, 0.29) is 36.0 Å². The summed E-state index contributed by atoms with van der Waals surface area (Å²) in [7, 11) is 0. The van der Waals surface area contributed by atoms with Crippen LogP contribution < -0.4 is 15.5 Å². The number of benzene rings is 1. The molecular formula is C22H32FN3O2. The Balaban J connectivity index is 1.42. The predicted octanol–water partition coefficient (Wildman–Crippen LogP) is 3.31. The quantitative estimate of drug-likeness (QED) is 0.785. The highest BCUT2D eigenvalue weighted by atomic mass is 19.1. The smallest absolute Gasteiger partial charge is 0.223 e. The fourth-order valence-electron chi connectivity index (χ4n) is 4.29. The highest BCUT2D eigenvalue weighted by Gasteiger charge is 2.24. The van der Waals surface area contributed by atoms with Gasteiger partial charge in [0.25, 0.3) is 0 Å². The van der Waals surface area contributed by atoms with Crippen molar-refractivity contribution in [3.63, 3.8) is 0 Å². The van der Waals surface area contributed by atoms with Crippen molar-refractivity contribution in [2.45, 2.75) is 64.3 Å². The molecule has 1 aliphatic heterocycles. The van der Waals surface area contributed by atoms with Crippen molar-refractivity contribution in [1.82, 2.24) is 10.6 Å². The molecule has 1 unspecified atom stereocenters. The number of carbonyl (C=O) groups is 2. The summed E-state index contributed by atoms with van der Waals surface area (Å²) in [6.45, 7) is 3.74. The Morgan fingerprint density at radius 2 is 1.93 bits per heavy atom. The van der Waals surface area contributed by atoms with Crippen molar-refractivity contribution < 1.29 is 14.0 Å². The molecule has 2 fully saturated rings. The summed E-state index contributed by atoms with van der Waals surface area (Å²) in [6, 6.07) is 5.14. The van der Waals surface area contributed by atoms with Crippen LogP contribution >= 0.6 is 0 Å². The van der Waals surface area contributed by atoms with Gasteiger partial charge in [-0.1, -0.05) is 25.3 Å². The molecule has 1 aromatic rings. The summed E-state index contributed by atoms with van der Waals surface area (Å²) in [5, 5.41) is 5.96. The summed E-state index contributed by atoms with van der Waals surface area (Å²) in [5.74, 6) is -0.0669. The Bertz CT molecular complexity index is 688. The third-order valence-electron chi connectivity index (χ3n) is 5.86. The van der Waals surface area contributed by atoms with Crippen LogP contribution in [-0.2, 0) is 9.59 Å². The number of halogens is 1. The van der Waals surface area contributed by atoms with Crippen LogP contribution in [0.3, 0.4) is 0 Å². The molecule has 28 heavy (non-hydrogen) atoms. The summed E-state index contributed by atoms with van der Waals surface area (Å²) in [5.41, 5.74) is 1.63. The Morgan fingerprint density at radius 1 is 1.14 bits per heavy atom. The van der Waals surface area contributed by atoms with E-state index in [1.54, 1.807) is 6.07 Å². The monoisotopic (exact) mass is 389 g/mol. The van der Waals surface area contributed by atoms with Crippen LogP contribution in [0, 0.1) is 18.7 Å². The maximum atomic E-state index is 14.2. The lowest BCUT2D eigenvalue weighted by Gasteiger charge is -2.35. The second-order valence-corrected chi connectivity index (χ2v) is 8.18. The number of piperidine rings is 1. The van der Waals surface area contributed by atoms with Gasteiger partial charge in [-0.05, 0) is 50.3 Å². The second kappa shape index (κ2) is 9.89. The molecule has 0 bridgehead atoms. The Labute approximate surface area is 167 Å². The number of nitrogens with zero attached hydrogens (tertiary/aromatic N) is 1. The van der Waals surface area contributed by atoms with E-state index in [0.29, 0.717) is 18.8 Å². The van der Waals surface area contributed by atoms with E-state index in [0.717, 1.165) is 50.6 Å². The van der Waals surface area contributed by atoms with Gasteiger partial charge in [-0.3, -0.25) is 9.59 Å². The summed E-state index contributed by atoms with van der Waals surface area (Å²) >= 11 is 0. The average Bonchev–Trinajstić information content (AvgIpc) is 2.70. The molecule has 6 heteroatoms. The second-order valence-electron chi connectivity index (χ2n) is 8.18. The van der Waals surface area contributed by atoms with E-state index in [1.165, 1.54) is 12.5 Å². The number of aryl methyl sites for hydroxylation is 1. The lowest BCUT2D eigenvalue weighted by atomic mass is 9.89. The third kappa shape index (κ3) is 5.69. The first kappa shape index (κ1) is 20.6. The Morgan fingerprint density at radius 3 is 2.71 bits per heavy atom. The van der Waals surface area contributed by atoms with E-state index < -0.39 is 0 Å². The normalized spacial score (nSPS) is 20.6. The number of carbonyl (C=O) groups excluding carboxylic acids is 2.